The minimum absolute atomic E-state index is 0.202. The zero-order chi connectivity index (χ0) is 16.2. The Balaban J connectivity index is 1.70. The van der Waals surface area contributed by atoms with Crippen molar-refractivity contribution in [1.29, 1.82) is 0 Å². The number of aliphatic hydroxyl groups is 1. The van der Waals surface area contributed by atoms with E-state index in [-0.39, 0.29) is 5.82 Å². The molecule has 118 valence electrons. The largest absolute Gasteiger partial charge is 0.394 e. The van der Waals surface area contributed by atoms with E-state index in [1.54, 1.807) is 6.07 Å². The molecule has 8 heteroatoms. The van der Waals surface area contributed by atoms with Gasteiger partial charge in [-0.2, -0.15) is 0 Å². The number of fused-ring (bicyclic) bond motifs is 1. The highest BCUT2D eigenvalue weighted by molar-refractivity contribution is 6.02. The predicted octanol–water partition coefficient (Wildman–Crippen LogP) is 0.885. The molecule has 0 saturated carbocycles. The van der Waals surface area contributed by atoms with E-state index in [1.807, 2.05) is 24.3 Å². The van der Waals surface area contributed by atoms with E-state index < -0.39 is 24.5 Å². The van der Waals surface area contributed by atoms with Crippen LogP contribution in [0.4, 0.5) is 5.82 Å². The van der Waals surface area contributed by atoms with E-state index >= 15 is 0 Å². The Morgan fingerprint density at radius 3 is 2.83 bits per heavy atom. The van der Waals surface area contributed by atoms with Gasteiger partial charge in [0, 0.05) is 17.0 Å². The smallest absolute Gasteiger partial charge is 0.268 e. The van der Waals surface area contributed by atoms with E-state index in [0.717, 1.165) is 10.9 Å². The molecule has 0 aliphatic heterocycles. The van der Waals surface area contributed by atoms with Crippen molar-refractivity contribution in [2.24, 2.45) is 0 Å². The summed E-state index contributed by atoms with van der Waals surface area (Å²) in [5.74, 6) is -0.880. The van der Waals surface area contributed by atoms with Gasteiger partial charge < -0.3 is 25.2 Å². The van der Waals surface area contributed by atoms with Crippen molar-refractivity contribution in [2.75, 3.05) is 11.9 Å². The van der Waals surface area contributed by atoms with Gasteiger partial charge in [-0.05, 0) is 12.1 Å². The number of nitrogens with one attached hydrogen (secondary N) is 3. The average molecular weight is 314 g/mol. The van der Waals surface area contributed by atoms with E-state index in [4.69, 9.17) is 0 Å². The molecule has 8 nitrogen and oxygen atoms in total. The van der Waals surface area contributed by atoms with Gasteiger partial charge in [0.05, 0.1) is 6.61 Å². The van der Waals surface area contributed by atoms with E-state index in [2.05, 4.69) is 25.3 Å². The number of hydrogen-bond acceptors (Lipinski definition) is 5. The van der Waals surface area contributed by atoms with Crippen LogP contribution in [0, 0.1) is 0 Å². The molecule has 2 heterocycles. The molecular weight excluding hydrogens is 300 g/mol. The quantitative estimate of drug-likeness (QED) is 0.557. The fourth-order valence-corrected chi connectivity index (χ4v) is 2.12. The summed E-state index contributed by atoms with van der Waals surface area (Å²) >= 11 is 0. The Bertz CT molecular complexity index is 792. The zero-order valence-electron chi connectivity index (χ0n) is 11.9. The highest BCUT2D eigenvalue weighted by Crippen LogP contribution is 2.14. The molecule has 0 fully saturated rings. The third kappa shape index (κ3) is 3.22. The van der Waals surface area contributed by atoms with Crippen LogP contribution in [0.1, 0.15) is 10.5 Å². The van der Waals surface area contributed by atoms with Crippen molar-refractivity contribution in [1.82, 2.24) is 15.5 Å². The average Bonchev–Trinajstić information content (AvgIpc) is 3.20. The molecule has 0 unspecified atom stereocenters. The van der Waals surface area contributed by atoms with Gasteiger partial charge in [-0.15, -0.1) is 0 Å². The molecule has 2 aromatic heterocycles. The highest BCUT2D eigenvalue weighted by Gasteiger charge is 2.22. The standard InChI is InChI=1S/C15H14N4O4/c20-8-12(15(22)18-13-5-6-23-19-13)17-14(21)11-7-9-3-1-2-4-10(9)16-11/h1-7,12,16,20H,8H2,(H,17,21)(H,18,19,22)/t12-/m0/s1. The molecular formula is C15H14N4O4. The molecule has 3 rings (SSSR count). The molecule has 0 bridgehead atoms. The maximum atomic E-state index is 12.2. The fourth-order valence-electron chi connectivity index (χ4n) is 2.12. The number of anilines is 1. The molecule has 0 saturated heterocycles. The number of aliphatic hydroxyl groups excluding tert-OH is 1. The van der Waals surface area contributed by atoms with Crippen LogP contribution in [0.2, 0.25) is 0 Å². The lowest BCUT2D eigenvalue weighted by atomic mass is 10.2. The normalized spacial score (nSPS) is 12.0. The van der Waals surface area contributed by atoms with Gasteiger partial charge in [-0.1, -0.05) is 23.4 Å². The predicted molar refractivity (Wildman–Crippen MR) is 81.8 cm³/mol. The summed E-state index contributed by atoms with van der Waals surface area (Å²) in [5, 5.41) is 18.6. The summed E-state index contributed by atoms with van der Waals surface area (Å²) in [6.45, 7) is -0.546. The molecule has 1 aromatic carbocycles. The number of aromatic amines is 1. The van der Waals surface area contributed by atoms with Gasteiger partial charge >= 0.3 is 0 Å². The maximum Gasteiger partial charge on any atom is 0.268 e. The summed E-state index contributed by atoms with van der Waals surface area (Å²) in [4.78, 5) is 27.2. The molecule has 0 spiro atoms. The van der Waals surface area contributed by atoms with Gasteiger partial charge in [-0.25, -0.2) is 0 Å². The number of nitrogens with zero attached hydrogens (tertiary/aromatic N) is 1. The van der Waals surface area contributed by atoms with Crippen molar-refractivity contribution < 1.29 is 19.2 Å². The van der Waals surface area contributed by atoms with Crippen LogP contribution < -0.4 is 10.6 Å². The van der Waals surface area contributed by atoms with Crippen LogP contribution in [-0.2, 0) is 4.79 Å². The topological polar surface area (TPSA) is 120 Å². The molecule has 2 amide bonds. The number of aromatic nitrogens is 2. The summed E-state index contributed by atoms with van der Waals surface area (Å²) in [6, 6.07) is 9.43. The van der Waals surface area contributed by atoms with Crippen molar-refractivity contribution in [3.63, 3.8) is 0 Å². The van der Waals surface area contributed by atoms with E-state index in [1.165, 1.54) is 12.3 Å². The van der Waals surface area contributed by atoms with Gasteiger partial charge in [0.1, 0.15) is 18.0 Å². The third-order valence-electron chi connectivity index (χ3n) is 3.27. The number of carbonyl (C=O) groups excluding carboxylic acids is 2. The molecule has 23 heavy (non-hydrogen) atoms. The van der Waals surface area contributed by atoms with E-state index in [0.29, 0.717) is 5.69 Å². The number of H-pyrrole nitrogens is 1. The first-order chi connectivity index (χ1) is 11.2. The van der Waals surface area contributed by atoms with Crippen molar-refractivity contribution in [2.45, 2.75) is 6.04 Å². The Hall–Kier alpha value is -3.13. The number of hydrogen-bond donors (Lipinski definition) is 4. The highest BCUT2D eigenvalue weighted by atomic mass is 16.5. The van der Waals surface area contributed by atoms with E-state index in [9.17, 15) is 14.7 Å². The minimum atomic E-state index is -1.11. The molecule has 1 atom stereocenters. The van der Waals surface area contributed by atoms with Crippen molar-refractivity contribution in [3.05, 3.63) is 48.4 Å². The number of para-hydroxylation sites is 1. The molecule has 3 aromatic rings. The summed E-state index contributed by atoms with van der Waals surface area (Å²) < 4.78 is 4.59. The summed E-state index contributed by atoms with van der Waals surface area (Å²) in [7, 11) is 0. The van der Waals surface area contributed by atoms with Crippen LogP contribution in [0.5, 0.6) is 0 Å². The Morgan fingerprint density at radius 1 is 1.30 bits per heavy atom. The fraction of sp³-hybridized carbons (Fsp3) is 0.133. The van der Waals surface area contributed by atoms with Crippen LogP contribution in [0.15, 0.2) is 47.2 Å². The summed E-state index contributed by atoms with van der Waals surface area (Å²) in [5.41, 5.74) is 1.11. The lowest BCUT2D eigenvalue weighted by Gasteiger charge is -2.14. The molecule has 0 radical (unpaired) electrons. The third-order valence-corrected chi connectivity index (χ3v) is 3.27. The Labute approximate surface area is 130 Å². The van der Waals surface area contributed by atoms with Crippen LogP contribution in [0.3, 0.4) is 0 Å². The van der Waals surface area contributed by atoms with Crippen LogP contribution >= 0.6 is 0 Å². The van der Waals surface area contributed by atoms with Crippen molar-refractivity contribution in [3.8, 4) is 0 Å². The first-order valence-corrected chi connectivity index (χ1v) is 6.88. The Morgan fingerprint density at radius 2 is 2.13 bits per heavy atom. The van der Waals surface area contributed by atoms with Crippen molar-refractivity contribution >= 4 is 28.5 Å². The lowest BCUT2D eigenvalue weighted by Crippen LogP contribution is -2.46. The number of amides is 2. The van der Waals surface area contributed by atoms with Crippen LogP contribution in [-0.4, -0.2) is 39.7 Å². The first-order valence-electron chi connectivity index (χ1n) is 6.88. The monoisotopic (exact) mass is 314 g/mol. The SMILES string of the molecule is O=C(N[C@@H](CO)C(=O)Nc1ccon1)c1cc2ccccc2[nH]1. The van der Waals surface area contributed by atoms with Crippen LogP contribution in [0.25, 0.3) is 10.9 Å². The minimum Gasteiger partial charge on any atom is -0.394 e. The number of rotatable bonds is 5. The molecule has 4 N–H and O–H groups in total. The molecule has 0 aliphatic carbocycles. The second-order valence-electron chi connectivity index (χ2n) is 4.85. The van der Waals surface area contributed by atoms with Gasteiger partial charge in [-0.3, -0.25) is 9.59 Å². The first kappa shape index (κ1) is 14.8. The van der Waals surface area contributed by atoms with Gasteiger partial charge in [0.2, 0.25) is 0 Å². The lowest BCUT2D eigenvalue weighted by molar-refractivity contribution is -0.118. The van der Waals surface area contributed by atoms with Gasteiger partial charge in [0.15, 0.2) is 5.82 Å². The molecule has 0 aliphatic rings. The zero-order valence-corrected chi connectivity index (χ0v) is 11.9. The second kappa shape index (κ2) is 6.32. The number of carbonyl (C=O) groups is 2. The maximum absolute atomic E-state index is 12.2. The summed E-state index contributed by atoms with van der Waals surface area (Å²) in [6.07, 6.45) is 1.30. The number of benzene rings is 1. The second-order valence-corrected chi connectivity index (χ2v) is 4.85. The Kier molecular flexibility index (Phi) is 4.07. The van der Waals surface area contributed by atoms with Gasteiger partial charge in [0.25, 0.3) is 11.8 Å².